The Balaban J connectivity index is 1.81. The molecule has 0 unspecified atom stereocenters. The molecule has 0 fully saturated rings. The highest BCUT2D eigenvalue weighted by atomic mass is 16.2. The summed E-state index contributed by atoms with van der Waals surface area (Å²) in [5.74, 6) is -0.182. The fourth-order valence-corrected chi connectivity index (χ4v) is 2.05. The molecule has 6 nitrogen and oxygen atoms in total. The van der Waals surface area contributed by atoms with Crippen LogP contribution in [0.15, 0.2) is 73.3 Å². The molecule has 3 rings (SSSR count). The zero-order valence-electron chi connectivity index (χ0n) is 11.8. The minimum atomic E-state index is -0.182. The number of hydrogen-bond donors (Lipinski definition) is 1. The van der Waals surface area contributed by atoms with Crippen molar-refractivity contribution < 1.29 is 4.79 Å². The molecule has 0 spiro atoms. The van der Waals surface area contributed by atoms with E-state index in [0.29, 0.717) is 0 Å². The monoisotopic (exact) mass is 293 g/mol. The molecular formula is C16H15N5O. The lowest BCUT2D eigenvalue weighted by atomic mass is 10.2. The smallest absolute Gasteiger partial charge is 0.260 e. The molecule has 0 saturated carbocycles. The molecule has 110 valence electrons. The molecule has 1 aromatic heterocycles. The second kappa shape index (κ2) is 6.53. The molecule has 2 aromatic carbocycles. The summed E-state index contributed by atoms with van der Waals surface area (Å²) in [7, 11) is 0. The zero-order chi connectivity index (χ0) is 15.2. The van der Waals surface area contributed by atoms with E-state index in [0.717, 1.165) is 11.4 Å². The van der Waals surface area contributed by atoms with Crippen molar-refractivity contribution in [1.82, 2.24) is 20.2 Å². The van der Waals surface area contributed by atoms with Gasteiger partial charge in [-0.25, -0.2) is 9.67 Å². The van der Waals surface area contributed by atoms with Gasteiger partial charge in [-0.05, 0) is 24.3 Å². The largest absolute Gasteiger partial charge is 0.271 e. The average molecular weight is 293 g/mol. The molecule has 0 radical (unpaired) electrons. The fraction of sp³-hybridized carbons (Fsp3) is 0.0625. The Kier molecular flexibility index (Phi) is 4.10. The number of nitrogens with one attached hydrogen (secondary N) is 1. The first-order chi connectivity index (χ1) is 10.8. The second-order valence-corrected chi connectivity index (χ2v) is 4.63. The maximum Gasteiger partial charge on any atom is 0.260 e. The standard InChI is InChI=1S/C16H15N5O/c22-16(11-20-13-17-12-18-20)19-21(14-7-3-1-4-8-14)15-9-5-2-6-10-15/h1-10,12-13H,11H2,(H,19,22). The van der Waals surface area contributed by atoms with Gasteiger partial charge >= 0.3 is 0 Å². The maximum absolute atomic E-state index is 12.2. The van der Waals surface area contributed by atoms with Crippen LogP contribution in [0.3, 0.4) is 0 Å². The van der Waals surface area contributed by atoms with E-state index < -0.39 is 0 Å². The summed E-state index contributed by atoms with van der Waals surface area (Å²) in [6.45, 7) is 0.107. The minimum absolute atomic E-state index is 0.107. The Morgan fingerprint density at radius 1 is 1.00 bits per heavy atom. The van der Waals surface area contributed by atoms with Crippen LogP contribution in [0.4, 0.5) is 11.4 Å². The number of rotatable bonds is 5. The highest BCUT2D eigenvalue weighted by Gasteiger charge is 2.12. The Bertz CT molecular complexity index is 673. The van der Waals surface area contributed by atoms with Gasteiger partial charge in [0.2, 0.25) is 0 Å². The second-order valence-electron chi connectivity index (χ2n) is 4.63. The molecular weight excluding hydrogens is 278 g/mol. The molecule has 1 N–H and O–H groups in total. The number of benzene rings is 2. The van der Waals surface area contributed by atoms with Crippen molar-refractivity contribution in [2.24, 2.45) is 0 Å². The van der Waals surface area contributed by atoms with Crippen LogP contribution in [0.2, 0.25) is 0 Å². The summed E-state index contributed by atoms with van der Waals surface area (Å²) in [5.41, 5.74) is 4.64. The van der Waals surface area contributed by atoms with Crippen LogP contribution in [0, 0.1) is 0 Å². The molecule has 6 heteroatoms. The molecule has 0 aliphatic rings. The van der Waals surface area contributed by atoms with Gasteiger partial charge in [0.05, 0.1) is 11.4 Å². The van der Waals surface area contributed by atoms with Gasteiger partial charge in [0, 0.05) is 0 Å². The van der Waals surface area contributed by atoms with Crippen molar-refractivity contribution in [3.63, 3.8) is 0 Å². The number of para-hydroxylation sites is 2. The third-order valence-corrected chi connectivity index (χ3v) is 3.04. The van der Waals surface area contributed by atoms with Crippen molar-refractivity contribution in [1.29, 1.82) is 0 Å². The lowest BCUT2D eigenvalue weighted by Crippen LogP contribution is -2.40. The van der Waals surface area contributed by atoms with Gasteiger partial charge in [0.25, 0.3) is 5.91 Å². The summed E-state index contributed by atoms with van der Waals surface area (Å²) in [6.07, 6.45) is 2.91. The third-order valence-electron chi connectivity index (χ3n) is 3.04. The molecule has 0 atom stereocenters. The van der Waals surface area contributed by atoms with Crippen LogP contribution in [0.1, 0.15) is 0 Å². The summed E-state index contributed by atoms with van der Waals surface area (Å²) in [6, 6.07) is 19.3. The number of anilines is 2. The van der Waals surface area contributed by atoms with E-state index in [1.807, 2.05) is 60.7 Å². The van der Waals surface area contributed by atoms with Gasteiger partial charge in [-0.2, -0.15) is 5.10 Å². The van der Waals surface area contributed by atoms with Crippen LogP contribution in [0.25, 0.3) is 0 Å². The quantitative estimate of drug-likeness (QED) is 0.732. The molecule has 0 saturated heterocycles. The first kappa shape index (κ1) is 13.8. The van der Waals surface area contributed by atoms with E-state index in [-0.39, 0.29) is 12.5 Å². The Hall–Kier alpha value is -3.15. The summed E-state index contributed by atoms with van der Waals surface area (Å²) >= 11 is 0. The summed E-state index contributed by atoms with van der Waals surface area (Å²) < 4.78 is 1.48. The SMILES string of the molecule is O=C(Cn1cncn1)NN(c1ccccc1)c1ccccc1. The molecule has 0 aliphatic carbocycles. The third kappa shape index (κ3) is 3.29. The van der Waals surface area contributed by atoms with E-state index in [9.17, 15) is 4.79 Å². The summed E-state index contributed by atoms with van der Waals surface area (Å²) in [5, 5.41) is 5.68. The Morgan fingerprint density at radius 3 is 2.09 bits per heavy atom. The lowest BCUT2D eigenvalue weighted by molar-refractivity contribution is -0.121. The molecule has 22 heavy (non-hydrogen) atoms. The molecule has 0 bridgehead atoms. The predicted molar refractivity (Wildman–Crippen MR) is 83.2 cm³/mol. The number of carbonyl (C=O) groups excluding carboxylic acids is 1. The molecule has 1 amide bonds. The van der Waals surface area contributed by atoms with E-state index in [2.05, 4.69) is 15.5 Å². The van der Waals surface area contributed by atoms with Crippen LogP contribution in [0.5, 0.6) is 0 Å². The van der Waals surface area contributed by atoms with Gasteiger partial charge in [-0.3, -0.25) is 15.2 Å². The maximum atomic E-state index is 12.2. The lowest BCUT2D eigenvalue weighted by Gasteiger charge is -2.25. The van der Waals surface area contributed by atoms with Crippen LogP contribution in [-0.2, 0) is 11.3 Å². The number of hydrogen-bond acceptors (Lipinski definition) is 4. The van der Waals surface area contributed by atoms with Gasteiger partial charge in [0.1, 0.15) is 19.2 Å². The van der Waals surface area contributed by atoms with Crippen LogP contribution in [-0.4, -0.2) is 20.7 Å². The first-order valence-corrected chi connectivity index (χ1v) is 6.85. The first-order valence-electron chi connectivity index (χ1n) is 6.85. The minimum Gasteiger partial charge on any atom is -0.271 e. The fourth-order valence-electron chi connectivity index (χ4n) is 2.05. The molecule has 3 aromatic rings. The zero-order valence-corrected chi connectivity index (χ0v) is 11.8. The van der Waals surface area contributed by atoms with Crippen LogP contribution < -0.4 is 10.4 Å². The number of aromatic nitrogens is 3. The molecule has 1 heterocycles. The normalized spacial score (nSPS) is 10.2. The van der Waals surface area contributed by atoms with Crippen molar-refractivity contribution in [2.45, 2.75) is 6.54 Å². The van der Waals surface area contributed by atoms with E-state index in [1.54, 1.807) is 5.01 Å². The Morgan fingerprint density at radius 2 is 1.59 bits per heavy atom. The van der Waals surface area contributed by atoms with Crippen molar-refractivity contribution >= 4 is 17.3 Å². The van der Waals surface area contributed by atoms with Crippen molar-refractivity contribution in [3.05, 3.63) is 73.3 Å². The number of nitrogens with zero attached hydrogens (tertiary/aromatic N) is 4. The van der Waals surface area contributed by atoms with Gasteiger partial charge in [-0.1, -0.05) is 36.4 Å². The molecule has 0 aliphatic heterocycles. The van der Waals surface area contributed by atoms with E-state index in [1.165, 1.54) is 17.3 Å². The predicted octanol–water partition coefficient (Wildman–Crippen LogP) is 2.15. The van der Waals surface area contributed by atoms with E-state index in [4.69, 9.17) is 0 Å². The van der Waals surface area contributed by atoms with Gasteiger partial charge < -0.3 is 0 Å². The highest BCUT2D eigenvalue weighted by Crippen LogP contribution is 2.22. The Labute approximate surface area is 128 Å². The van der Waals surface area contributed by atoms with Crippen molar-refractivity contribution in [2.75, 3.05) is 5.01 Å². The highest BCUT2D eigenvalue weighted by molar-refractivity contribution is 5.80. The number of carbonyl (C=O) groups is 1. The van der Waals surface area contributed by atoms with Crippen molar-refractivity contribution in [3.8, 4) is 0 Å². The van der Waals surface area contributed by atoms with Gasteiger partial charge in [0.15, 0.2) is 0 Å². The number of amides is 1. The topological polar surface area (TPSA) is 63.1 Å². The van der Waals surface area contributed by atoms with E-state index >= 15 is 0 Å². The summed E-state index contributed by atoms with van der Waals surface area (Å²) in [4.78, 5) is 16.1. The average Bonchev–Trinajstić information content (AvgIpc) is 3.07. The number of hydrazine groups is 1. The van der Waals surface area contributed by atoms with Gasteiger partial charge in [-0.15, -0.1) is 0 Å². The van der Waals surface area contributed by atoms with Crippen LogP contribution >= 0.6 is 0 Å².